The molecule has 0 saturated heterocycles. The highest BCUT2D eigenvalue weighted by Crippen LogP contribution is 2.21. The van der Waals surface area contributed by atoms with Gasteiger partial charge >= 0.3 is 12.1 Å². The summed E-state index contributed by atoms with van der Waals surface area (Å²) in [6.45, 7) is 0.314. The topological polar surface area (TPSA) is 162 Å². The number of hydrogen-bond donors (Lipinski definition) is 3. The first kappa shape index (κ1) is 23.9. The molecule has 0 saturated carbocycles. The summed E-state index contributed by atoms with van der Waals surface area (Å²) >= 11 is 8.17. The van der Waals surface area contributed by atoms with E-state index in [4.69, 9.17) is 21.5 Å². The minimum absolute atomic E-state index is 0.00120. The number of anilines is 1. The van der Waals surface area contributed by atoms with Crippen molar-refractivity contribution >= 4 is 61.7 Å². The van der Waals surface area contributed by atoms with Crippen molar-refractivity contribution < 1.29 is 22.7 Å². The molecular formula is C16H18ClN7O5S3. The molecular weight excluding hydrogens is 502 g/mol. The van der Waals surface area contributed by atoms with Gasteiger partial charge in [-0.15, -0.1) is 11.3 Å². The van der Waals surface area contributed by atoms with Gasteiger partial charge in [-0.05, 0) is 12.1 Å². The largest absolute Gasteiger partial charge is 0.416 e. The monoisotopic (exact) mass is 519 g/mol. The quantitative estimate of drug-likeness (QED) is 0.431. The number of urea groups is 1. The molecule has 3 amide bonds. The van der Waals surface area contributed by atoms with E-state index in [-0.39, 0.29) is 28.3 Å². The van der Waals surface area contributed by atoms with E-state index in [2.05, 4.69) is 20.0 Å². The second kappa shape index (κ2) is 9.83. The van der Waals surface area contributed by atoms with Gasteiger partial charge in [-0.3, -0.25) is 5.32 Å². The van der Waals surface area contributed by atoms with Crippen LogP contribution in [0.3, 0.4) is 0 Å². The van der Waals surface area contributed by atoms with Crippen LogP contribution in [-0.2, 0) is 30.2 Å². The van der Waals surface area contributed by atoms with Gasteiger partial charge in [-0.25, -0.2) is 28.1 Å². The van der Waals surface area contributed by atoms with Crippen molar-refractivity contribution in [3.8, 4) is 5.88 Å². The Morgan fingerprint density at radius 2 is 2.12 bits per heavy atom. The maximum atomic E-state index is 12.3. The Balaban J connectivity index is 1.51. The predicted molar refractivity (Wildman–Crippen MR) is 119 cm³/mol. The molecule has 0 spiro atoms. The zero-order valence-corrected chi connectivity index (χ0v) is 19.9. The van der Waals surface area contributed by atoms with Crippen LogP contribution >= 0.6 is 34.5 Å². The van der Waals surface area contributed by atoms with Gasteiger partial charge in [0, 0.05) is 42.8 Å². The van der Waals surface area contributed by atoms with E-state index >= 15 is 0 Å². The van der Waals surface area contributed by atoms with Crippen LogP contribution in [0, 0.1) is 0 Å². The zero-order valence-electron chi connectivity index (χ0n) is 16.7. The SMILES string of the molecule is CN(Cc1nsc(NC(=O)NCc2ccc(Cl)s2)n1)C(=O)Oc1cc(S(N)(=O)=O)cn1C. The lowest BCUT2D eigenvalue weighted by Crippen LogP contribution is -2.30. The number of nitrogens with two attached hydrogens (primary N) is 1. The lowest BCUT2D eigenvalue weighted by Gasteiger charge is -2.15. The number of halogens is 1. The fourth-order valence-corrected chi connectivity index (χ4v) is 4.51. The number of hydrogen-bond acceptors (Lipinski definition) is 9. The third kappa shape index (κ3) is 6.39. The minimum atomic E-state index is -3.92. The molecule has 3 aromatic rings. The minimum Gasteiger partial charge on any atom is -0.393 e. The molecule has 0 aliphatic carbocycles. The Hall–Kier alpha value is -2.72. The molecule has 3 aromatic heterocycles. The molecule has 16 heteroatoms. The molecule has 3 heterocycles. The number of amides is 3. The van der Waals surface area contributed by atoms with E-state index in [1.165, 1.54) is 41.1 Å². The van der Waals surface area contributed by atoms with E-state index in [1.54, 1.807) is 6.07 Å². The number of carbonyl (C=O) groups excluding carboxylic acids is 2. The summed E-state index contributed by atoms with van der Waals surface area (Å²) in [7, 11) is -0.958. The van der Waals surface area contributed by atoms with Crippen LogP contribution in [0.2, 0.25) is 4.34 Å². The summed E-state index contributed by atoms with van der Waals surface area (Å²) in [4.78, 5) is 30.4. The van der Waals surface area contributed by atoms with Crippen molar-refractivity contribution in [1.82, 2.24) is 24.1 Å². The molecule has 0 unspecified atom stereocenters. The lowest BCUT2D eigenvalue weighted by atomic mass is 10.5. The third-order valence-corrected chi connectivity index (χ3v) is 6.67. The van der Waals surface area contributed by atoms with Gasteiger partial charge in [-0.1, -0.05) is 11.6 Å². The average molecular weight is 520 g/mol. The normalized spacial score (nSPS) is 11.2. The van der Waals surface area contributed by atoms with Crippen LogP contribution in [0.25, 0.3) is 0 Å². The molecule has 12 nitrogen and oxygen atoms in total. The first-order valence-corrected chi connectivity index (χ1v) is 12.3. The Morgan fingerprint density at radius 3 is 2.75 bits per heavy atom. The standard InChI is InChI=1S/C16H18ClN7O5S3/c1-23-7-10(32(18,27)28)5-13(23)29-16(26)24(2)8-12-20-15(31-22-12)21-14(25)19-6-9-3-4-11(17)30-9/h3-5,7H,6,8H2,1-2H3,(H2,18,27,28)(H2,19,20,21,22,25). The van der Waals surface area contributed by atoms with Crippen molar-refractivity contribution in [3.05, 3.63) is 39.4 Å². The number of aromatic nitrogens is 3. The number of primary sulfonamides is 1. The van der Waals surface area contributed by atoms with E-state index < -0.39 is 22.1 Å². The molecule has 0 bridgehead atoms. The van der Waals surface area contributed by atoms with E-state index in [1.807, 2.05) is 6.07 Å². The van der Waals surface area contributed by atoms with Gasteiger partial charge in [0.15, 0.2) is 5.82 Å². The van der Waals surface area contributed by atoms with Gasteiger partial charge in [0.2, 0.25) is 21.0 Å². The highest BCUT2D eigenvalue weighted by Gasteiger charge is 2.19. The van der Waals surface area contributed by atoms with Crippen LogP contribution in [0.15, 0.2) is 29.3 Å². The summed E-state index contributed by atoms with van der Waals surface area (Å²) in [5, 5.41) is 10.6. The maximum absolute atomic E-state index is 12.3. The van der Waals surface area contributed by atoms with Gasteiger partial charge in [0.25, 0.3) is 0 Å². The zero-order chi connectivity index (χ0) is 23.5. The molecule has 0 radical (unpaired) electrons. The predicted octanol–water partition coefficient (Wildman–Crippen LogP) is 2.19. The maximum Gasteiger partial charge on any atom is 0.416 e. The van der Waals surface area contributed by atoms with Crippen LogP contribution in [0.5, 0.6) is 5.88 Å². The Morgan fingerprint density at radius 1 is 1.38 bits per heavy atom. The van der Waals surface area contributed by atoms with Crippen LogP contribution in [0.1, 0.15) is 10.7 Å². The van der Waals surface area contributed by atoms with Crippen molar-refractivity contribution in [2.45, 2.75) is 18.0 Å². The molecule has 0 aliphatic rings. The van der Waals surface area contributed by atoms with Gasteiger partial charge in [0.05, 0.1) is 17.4 Å². The van der Waals surface area contributed by atoms with Gasteiger partial charge in [-0.2, -0.15) is 4.37 Å². The first-order valence-electron chi connectivity index (χ1n) is 8.75. The first-order chi connectivity index (χ1) is 15.0. The third-order valence-electron chi connectivity index (χ3n) is 3.89. The lowest BCUT2D eigenvalue weighted by molar-refractivity contribution is 0.156. The molecule has 172 valence electrons. The molecule has 3 rings (SSSR count). The number of ether oxygens (including phenoxy) is 1. The van der Waals surface area contributed by atoms with Crippen molar-refractivity contribution in [2.24, 2.45) is 12.2 Å². The second-order valence-electron chi connectivity index (χ2n) is 6.42. The number of thiophene rings is 1. The number of nitrogens with one attached hydrogen (secondary N) is 2. The number of nitrogens with zero attached hydrogens (tertiary/aromatic N) is 4. The summed E-state index contributed by atoms with van der Waals surface area (Å²) in [5.74, 6) is 0.287. The van der Waals surface area contributed by atoms with Crippen LogP contribution in [-0.4, -0.2) is 46.4 Å². The summed E-state index contributed by atoms with van der Waals surface area (Å²) < 4.78 is 34.1. The van der Waals surface area contributed by atoms with Crippen molar-refractivity contribution in [2.75, 3.05) is 12.4 Å². The van der Waals surface area contributed by atoms with E-state index in [0.717, 1.165) is 22.5 Å². The highest BCUT2D eigenvalue weighted by molar-refractivity contribution is 7.89. The Bertz CT molecular complexity index is 1240. The van der Waals surface area contributed by atoms with E-state index in [0.29, 0.717) is 10.9 Å². The highest BCUT2D eigenvalue weighted by atomic mass is 35.5. The van der Waals surface area contributed by atoms with Gasteiger partial charge < -0.3 is 19.5 Å². The number of sulfonamides is 1. The van der Waals surface area contributed by atoms with Crippen molar-refractivity contribution in [1.29, 1.82) is 0 Å². The summed E-state index contributed by atoms with van der Waals surface area (Å²) in [6, 6.07) is 4.25. The Kier molecular flexibility index (Phi) is 7.35. The van der Waals surface area contributed by atoms with E-state index in [9.17, 15) is 18.0 Å². The summed E-state index contributed by atoms with van der Waals surface area (Å²) in [6.07, 6.45) is 0.472. The number of carbonyl (C=O) groups is 2. The number of aryl methyl sites for hydroxylation is 1. The molecule has 0 fully saturated rings. The molecule has 0 atom stereocenters. The van der Waals surface area contributed by atoms with Gasteiger partial charge in [0.1, 0.15) is 4.90 Å². The Labute approximate surface area is 196 Å². The van der Waals surface area contributed by atoms with Crippen LogP contribution in [0.4, 0.5) is 14.7 Å². The molecule has 0 aromatic carbocycles. The molecule has 32 heavy (non-hydrogen) atoms. The fourth-order valence-electron chi connectivity index (χ4n) is 2.34. The van der Waals surface area contributed by atoms with Crippen LogP contribution < -0.4 is 20.5 Å². The smallest absolute Gasteiger partial charge is 0.393 e. The number of rotatable bonds is 7. The fraction of sp³-hybridized carbons (Fsp3) is 0.250. The average Bonchev–Trinajstić information content (AvgIpc) is 3.41. The second-order valence-corrected chi connectivity index (χ2v) is 10.5. The van der Waals surface area contributed by atoms with Crippen molar-refractivity contribution in [3.63, 3.8) is 0 Å². The molecule has 4 N–H and O–H groups in total. The summed E-state index contributed by atoms with van der Waals surface area (Å²) in [5.41, 5.74) is 0. The molecule has 0 aliphatic heterocycles.